The highest BCUT2D eigenvalue weighted by Crippen LogP contribution is 2.29. The Morgan fingerprint density at radius 1 is 1.19 bits per heavy atom. The topological polar surface area (TPSA) is 57.7 Å². The van der Waals surface area contributed by atoms with E-state index in [1.54, 1.807) is 13.2 Å². The van der Waals surface area contributed by atoms with Gasteiger partial charge in [0.2, 0.25) is 0 Å². The van der Waals surface area contributed by atoms with Gasteiger partial charge in [0, 0.05) is 6.08 Å². The van der Waals surface area contributed by atoms with Crippen molar-refractivity contribution in [2.45, 2.75) is 26.6 Å². The fourth-order valence-electron chi connectivity index (χ4n) is 2.47. The molecule has 140 valence electrons. The fourth-order valence-corrected chi connectivity index (χ4v) is 3.35. The predicted molar refractivity (Wildman–Crippen MR) is 107 cm³/mol. The van der Waals surface area contributed by atoms with Crippen LogP contribution in [0.4, 0.5) is 0 Å². The number of nitrogens with zero attached hydrogens (tertiary/aromatic N) is 1. The van der Waals surface area contributed by atoms with E-state index in [2.05, 4.69) is 4.98 Å². The Morgan fingerprint density at radius 3 is 2.74 bits per heavy atom. The maximum absolute atomic E-state index is 12.0. The van der Waals surface area contributed by atoms with Crippen molar-refractivity contribution in [1.29, 1.82) is 0 Å². The second kappa shape index (κ2) is 8.68. The summed E-state index contributed by atoms with van der Waals surface area (Å²) in [4.78, 5) is 16.4. The predicted octanol–water partition coefficient (Wildman–Crippen LogP) is 4.85. The van der Waals surface area contributed by atoms with Crippen molar-refractivity contribution in [3.05, 3.63) is 59.1 Å². The molecule has 5 nitrogen and oxygen atoms in total. The third kappa shape index (κ3) is 5.08. The van der Waals surface area contributed by atoms with E-state index in [1.165, 1.54) is 17.4 Å². The summed E-state index contributed by atoms with van der Waals surface area (Å²) in [6.45, 7) is 4.07. The zero-order valence-corrected chi connectivity index (χ0v) is 16.3. The molecule has 6 heteroatoms. The van der Waals surface area contributed by atoms with Crippen LogP contribution in [0.15, 0.2) is 48.5 Å². The fraction of sp³-hybridized carbons (Fsp3) is 0.238. The largest absolute Gasteiger partial charge is 0.493 e. The average Bonchev–Trinajstić information content (AvgIpc) is 3.08. The summed E-state index contributed by atoms with van der Waals surface area (Å²) >= 11 is 1.52. The Hall–Kier alpha value is -2.86. The number of aromatic nitrogens is 1. The lowest BCUT2D eigenvalue weighted by Gasteiger charge is -2.13. The number of ether oxygens (including phenoxy) is 3. The summed E-state index contributed by atoms with van der Waals surface area (Å²) in [7, 11) is 1.59. The number of carbonyl (C=O) groups excluding carboxylic acids is 1. The molecule has 0 amide bonds. The van der Waals surface area contributed by atoms with Gasteiger partial charge in [-0.2, -0.15) is 0 Å². The zero-order chi connectivity index (χ0) is 19.2. The van der Waals surface area contributed by atoms with Crippen LogP contribution in [0.25, 0.3) is 16.3 Å². The van der Waals surface area contributed by atoms with E-state index >= 15 is 0 Å². The standard InChI is InChI=1S/C21H21NO4S/c1-14(2)26-17-10-8-15(12-18(17)24-3)9-11-21(23)25-13-20-22-16-6-4-5-7-19(16)27-20/h4-12,14H,13H2,1-3H3/b11-9+. The van der Waals surface area contributed by atoms with Crippen molar-refractivity contribution in [2.75, 3.05) is 7.11 Å². The van der Waals surface area contributed by atoms with Gasteiger partial charge in [-0.25, -0.2) is 9.78 Å². The summed E-state index contributed by atoms with van der Waals surface area (Å²) < 4.78 is 17.4. The second-order valence-electron chi connectivity index (χ2n) is 6.09. The summed E-state index contributed by atoms with van der Waals surface area (Å²) in [6, 6.07) is 13.3. The van der Waals surface area contributed by atoms with Crippen LogP contribution in [0, 0.1) is 0 Å². The van der Waals surface area contributed by atoms with Crippen LogP contribution in [0.1, 0.15) is 24.4 Å². The van der Waals surface area contributed by atoms with E-state index in [4.69, 9.17) is 14.2 Å². The number of hydrogen-bond donors (Lipinski definition) is 0. The molecular formula is C21H21NO4S. The second-order valence-corrected chi connectivity index (χ2v) is 7.21. The Labute approximate surface area is 162 Å². The average molecular weight is 383 g/mol. The summed E-state index contributed by atoms with van der Waals surface area (Å²) in [6.07, 6.45) is 3.13. The lowest BCUT2D eigenvalue weighted by Crippen LogP contribution is -2.06. The number of para-hydroxylation sites is 1. The number of carbonyl (C=O) groups is 1. The van der Waals surface area contributed by atoms with E-state index in [9.17, 15) is 4.79 Å². The zero-order valence-electron chi connectivity index (χ0n) is 15.5. The van der Waals surface area contributed by atoms with Crippen molar-refractivity contribution < 1.29 is 19.0 Å². The van der Waals surface area contributed by atoms with Gasteiger partial charge in [0.25, 0.3) is 0 Å². The highest BCUT2D eigenvalue weighted by Gasteiger charge is 2.08. The summed E-state index contributed by atoms with van der Waals surface area (Å²) in [5, 5.41) is 0.773. The van der Waals surface area contributed by atoms with Crippen LogP contribution in [0.3, 0.4) is 0 Å². The molecule has 0 bridgehead atoms. The van der Waals surface area contributed by atoms with Gasteiger partial charge in [-0.05, 0) is 49.8 Å². The third-order valence-corrected chi connectivity index (χ3v) is 4.65. The monoisotopic (exact) mass is 383 g/mol. The van der Waals surface area contributed by atoms with Crippen molar-refractivity contribution in [1.82, 2.24) is 4.98 Å². The Morgan fingerprint density at radius 2 is 2.00 bits per heavy atom. The number of methoxy groups -OCH3 is 1. The SMILES string of the molecule is COc1cc(/C=C/C(=O)OCc2nc3ccccc3s2)ccc1OC(C)C. The van der Waals surface area contributed by atoms with E-state index in [0.717, 1.165) is 20.8 Å². The van der Waals surface area contributed by atoms with Gasteiger partial charge < -0.3 is 14.2 Å². The van der Waals surface area contributed by atoms with Crippen LogP contribution >= 0.6 is 11.3 Å². The molecule has 0 saturated carbocycles. The van der Waals surface area contributed by atoms with Gasteiger partial charge in [-0.3, -0.25) is 0 Å². The van der Waals surface area contributed by atoms with Gasteiger partial charge in [0.05, 0.1) is 23.4 Å². The van der Waals surface area contributed by atoms with Crippen LogP contribution in [0.5, 0.6) is 11.5 Å². The number of thiazole rings is 1. The molecule has 1 heterocycles. The smallest absolute Gasteiger partial charge is 0.331 e. The van der Waals surface area contributed by atoms with Gasteiger partial charge in [-0.1, -0.05) is 18.2 Å². The molecule has 0 atom stereocenters. The molecule has 1 aromatic heterocycles. The van der Waals surface area contributed by atoms with Crippen molar-refractivity contribution in [3.63, 3.8) is 0 Å². The van der Waals surface area contributed by atoms with Gasteiger partial charge >= 0.3 is 5.97 Å². The first-order chi connectivity index (χ1) is 13.0. The minimum atomic E-state index is -0.421. The molecule has 0 saturated heterocycles. The number of fused-ring (bicyclic) bond motifs is 1. The molecule has 27 heavy (non-hydrogen) atoms. The highest BCUT2D eigenvalue weighted by molar-refractivity contribution is 7.18. The number of hydrogen-bond acceptors (Lipinski definition) is 6. The molecule has 0 aliphatic heterocycles. The lowest BCUT2D eigenvalue weighted by molar-refractivity contribution is -0.138. The van der Waals surface area contributed by atoms with E-state index in [-0.39, 0.29) is 12.7 Å². The first-order valence-electron chi connectivity index (χ1n) is 8.59. The van der Waals surface area contributed by atoms with Crippen LogP contribution in [0.2, 0.25) is 0 Å². The molecular weight excluding hydrogens is 362 g/mol. The molecule has 3 rings (SSSR count). The molecule has 0 fully saturated rings. The normalized spacial score (nSPS) is 11.3. The van der Waals surface area contributed by atoms with E-state index in [1.807, 2.05) is 56.3 Å². The molecule has 2 aromatic carbocycles. The van der Waals surface area contributed by atoms with Crippen molar-refractivity contribution in [3.8, 4) is 11.5 Å². The van der Waals surface area contributed by atoms with Crippen LogP contribution < -0.4 is 9.47 Å². The number of esters is 1. The van der Waals surface area contributed by atoms with E-state index < -0.39 is 5.97 Å². The molecule has 0 radical (unpaired) electrons. The quantitative estimate of drug-likeness (QED) is 0.431. The minimum absolute atomic E-state index is 0.0535. The van der Waals surface area contributed by atoms with E-state index in [0.29, 0.717) is 11.5 Å². The minimum Gasteiger partial charge on any atom is -0.493 e. The van der Waals surface area contributed by atoms with Gasteiger partial charge in [-0.15, -0.1) is 11.3 Å². The van der Waals surface area contributed by atoms with Crippen molar-refractivity contribution in [2.24, 2.45) is 0 Å². The Kier molecular flexibility index (Phi) is 6.08. The van der Waals surface area contributed by atoms with Crippen LogP contribution in [-0.2, 0) is 16.1 Å². The third-order valence-electron chi connectivity index (χ3n) is 3.64. The summed E-state index contributed by atoms with van der Waals surface area (Å²) in [5.41, 5.74) is 1.74. The summed E-state index contributed by atoms with van der Waals surface area (Å²) in [5.74, 6) is 0.868. The molecule has 0 aliphatic rings. The van der Waals surface area contributed by atoms with Crippen LogP contribution in [-0.4, -0.2) is 24.2 Å². The lowest BCUT2D eigenvalue weighted by atomic mass is 10.2. The Balaban J connectivity index is 1.60. The molecule has 0 N–H and O–H groups in total. The first-order valence-corrected chi connectivity index (χ1v) is 9.41. The molecule has 0 aliphatic carbocycles. The van der Waals surface area contributed by atoms with Gasteiger partial charge in [0.15, 0.2) is 11.5 Å². The molecule has 3 aromatic rings. The molecule has 0 spiro atoms. The van der Waals surface area contributed by atoms with Gasteiger partial charge in [0.1, 0.15) is 11.6 Å². The maximum atomic E-state index is 12.0. The first kappa shape index (κ1) is 18.9. The number of benzene rings is 2. The number of rotatable bonds is 7. The Bertz CT molecular complexity index is 929. The highest BCUT2D eigenvalue weighted by atomic mass is 32.1. The maximum Gasteiger partial charge on any atom is 0.331 e. The molecule has 0 unspecified atom stereocenters. The van der Waals surface area contributed by atoms with Crippen molar-refractivity contribution >= 4 is 33.6 Å².